The van der Waals surface area contributed by atoms with Gasteiger partial charge in [0.1, 0.15) is 17.7 Å². The van der Waals surface area contributed by atoms with Crippen molar-refractivity contribution < 1.29 is 13.7 Å². The van der Waals surface area contributed by atoms with E-state index >= 15 is 0 Å². The molecule has 3 aromatic rings. The Labute approximate surface area is 149 Å². The van der Waals surface area contributed by atoms with Gasteiger partial charge in [0.2, 0.25) is 11.6 Å². The van der Waals surface area contributed by atoms with Crippen LogP contribution in [-0.2, 0) is 0 Å². The van der Waals surface area contributed by atoms with Gasteiger partial charge in [0.05, 0.1) is 4.47 Å². The van der Waals surface area contributed by atoms with Crippen molar-refractivity contribution >= 4 is 21.9 Å². The molecule has 9 nitrogen and oxygen atoms in total. The summed E-state index contributed by atoms with van der Waals surface area (Å²) in [7, 11) is 0. The smallest absolute Gasteiger partial charge is 0.324 e. The van der Waals surface area contributed by atoms with Crippen molar-refractivity contribution in [3.8, 4) is 17.4 Å². The highest BCUT2D eigenvalue weighted by molar-refractivity contribution is 9.10. The van der Waals surface area contributed by atoms with Gasteiger partial charge in [-0.1, -0.05) is 5.16 Å². The second-order valence-corrected chi connectivity index (χ2v) is 6.37. The number of H-pyrrole nitrogens is 1. The summed E-state index contributed by atoms with van der Waals surface area (Å²) in [6.45, 7) is 1.37. The average molecular weight is 410 g/mol. The summed E-state index contributed by atoms with van der Waals surface area (Å²) >= 11 is 3.37. The van der Waals surface area contributed by atoms with E-state index in [1.165, 1.54) is 12.1 Å². The van der Waals surface area contributed by atoms with Crippen molar-refractivity contribution in [2.75, 3.05) is 18.0 Å². The van der Waals surface area contributed by atoms with Gasteiger partial charge in [0, 0.05) is 32.0 Å². The quantitative estimate of drug-likeness (QED) is 0.698. The molecule has 1 aliphatic rings. The summed E-state index contributed by atoms with van der Waals surface area (Å²) < 4.78 is 25.2. The Morgan fingerprint density at radius 2 is 2.12 bits per heavy atom. The lowest BCUT2D eigenvalue weighted by atomic mass is 10.1. The molecule has 25 heavy (non-hydrogen) atoms. The van der Waals surface area contributed by atoms with E-state index in [1.807, 2.05) is 4.90 Å². The molecule has 4 rings (SSSR count). The zero-order chi connectivity index (χ0) is 17.2. The van der Waals surface area contributed by atoms with Gasteiger partial charge in [-0.2, -0.15) is 10.2 Å². The number of tetrazole rings is 1. The van der Waals surface area contributed by atoms with E-state index in [4.69, 9.17) is 9.26 Å². The number of ether oxygens (including phenoxy) is 1. The number of rotatable bonds is 4. The van der Waals surface area contributed by atoms with Crippen LogP contribution in [0.25, 0.3) is 11.6 Å². The lowest BCUT2D eigenvalue weighted by molar-refractivity contribution is 0.167. The molecule has 130 valence electrons. The molecule has 0 saturated carbocycles. The topological polar surface area (TPSA) is 106 Å². The van der Waals surface area contributed by atoms with Crippen molar-refractivity contribution in [1.29, 1.82) is 0 Å². The minimum absolute atomic E-state index is 0.00560. The van der Waals surface area contributed by atoms with Gasteiger partial charge in [-0.05, 0) is 33.3 Å². The number of hydrogen-bond acceptors (Lipinski definition) is 8. The molecule has 0 amide bonds. The second-order valence-electron chi connectivity index (χ2n) is 5.51. The van der Waals surface area contributed by atoms with Crippen molar-refractivity contribution in [3.63, 3.8) is 0 Å². The average Bonchev–Trinajstić information content (AvgIpc) is 3.30. The monoisotopic (exact) mass is 409 g/mol. The molecule has 1 aromatic carbocycles. The van der Waals surface area contributed by atoms with E-state index in [2.05, 4.69) is 46.7 Å². The molecule has 1 saturated heterocycles. The van der Waals surface area contributed by atoms with Crippen LogP contribution in [0.15, 0.2) is 27.2 Å². The lowest BCUT2D eigenvalue weighted by Crippen LogP contribution is -2.38. The Morgan fingerprint density at radius 1 is 1.28 bits per heavy atom. The molecular formula is C14H13BrFN7O2. The number of aromatic nitrogens is 6. The highest BCUT2D eigenvalue weighted by atomic mass is 79.9. The second kappa shape index (κ2) is 6.75. The van der Waals surface area contributed by atoms with E-state index in [9.17, 15) is 4.39 Å². The molecule has 0 aliphatic carbocycles. The third kappa shape index (κ3) is 3.45. The Kier molecular flexibility index (Phi) is 4.30. The van der Waals surface area contributed by atoms with E-state index in [0.29, 0.717) is 24.9 Å². The molecule has 2 aromatic heterocycles. The zero-order valence-corrected chi connectivity index (χ0v) is 14.5. The molecule has 0 unspecified atom stereocenters. The van der Waals surface area contributed by atoms with E-state index in [0.717, 1.165) is 17.3 Å². The molecule has 3 heterocycles. The Hall–Kier alpha value is -2.56. The Morgan fingerprint density at radius 3 is 2.88 bits per heavy atom. The van der Waals surface area contributed by atoms with Crippen LogP contribution >= 0.6 is 15.9 Å². The van der Waals surface area contributed by atoms with Gasteiger partial charge in [0.15, 0.2) is 0 Å². The summed E-state index contributed by atoms with van der Waals surface area (Å²) in [5, 5.41) is 17.3. The predicted octanol–water partition coefficient (Wildman–Crippen LogP) is 2.20. The van der Waals surface area contributed by atoms with Crippen LogP contribution in [0.5, 0.6) is 5.75 Å². The van der Waals surface area contributed by atoms with Gasteiger partial charge in [-0.25, -0.2) is 4.39 Å². The van der Waals surface area contributed by atoms with Crippen molar-refractivity contribution in [2.24, 2.45) is 0 Å². The third-order valence-electron chi connectivity index (χ3n) is 3.86. The maximum Gasteiger partial charge on any atom is 0.324 e. The molecule has 0 spiro atoms. The fourth-order valence-electron chi connectivity index (χ4n) is 2.60. The fraction of sp³-hybridized carbons (Fsp3) is 0.357. The molecule has 0 radical (unpaired) electrons. The minimum Gasteiger partial charge on any atom is -0.489 e. The van der Waals surface area contributed by atoms with Crippen LogP contribution in [0, 0.1) is 5.82 Å². The number of aromatic amines is 1. The Bertz CT molecular complexity index is 849. The fourth-order valence-corrected chi connectivity index (χ4v) is 2.94. The largest absolute Gasteiger partial charge is 0.489 e. The number of anilines is 1. The Balaban J connectivity index is 1.38. The molecule has 0 atom stereocenters. The molecule has 1 fully saturated rings. The lowest BCUT2D eigenvalue weighted by Gasteiger charge is -2.30. The molecule has 1 N–H and O–H groups in total. The van der Waals surface area contributed by atoms with Crippen LogP contribution in [0.1, 0.15) is 12.8 Å². The number of halogens is 2. The zero-order valence-electron chi connectivity index (χ0n) is 12.9. The summed E-state index contributed by atoms with van der Waals surface area (Å²) in [4.78, 5) is 6.25. The standard InChI is InChI=1S/C14H13BrFN7O2/c15-10-2-1-8(16)7-11(10)24-9-3-5-23(6-4-9)14-17-12(20-25-14)13-18-21-22-19-13/h1-2,7,9H,3-6H2,(H,18,19,21,22). The number of nitrogens with one attached hydrogen (secondary N) is 1. The number of nitrogens with zero attached hydrogens (tertiary/aromatic N) is 6. The normalized spacial score (nSPS) is 15.5. The first kappa shape index (κ1) is 15.9. The SMILES string of the molecule is Fc1ccc(Br)c(OC2CCN(c3nc(-c4nn[nH]n4)no3)CC2)c1. The molecule has 1 aliphatic heterocycles. The van der Waals surface area contributed by atoms with Gasteiger partial charge in [0.25, 0.3) is 0 Å². The number of hydrogen-bond donors (Lipinski definition) is 1. The van der Waals surface area contributed by atoms with Gasteiger partial charge in [-0.15, -0.1) is 10.2 Å². The van der Waals surface area contributed by atoms with Crippen molar-refractivity contribution in [2.45, 2.75) is 18.9 Å². The van der Waals surface area contributed by atoms with Gasteiger partial charge in [-0.3, -0.25) is 0 Å². The van der Waals surface area contributed by atoms with E-state index in [-0.39, 0.29) is 23.6 Å². The summed E-state index contributed by atoms with van der Waals surface area (Å²) in [5.41, 5.74) is 0. The van der Waals surface area contributed by atoms with Gasteiger partial charge < -0.3 is 14.2 Å². The summed E-state index contributed by atoms with van der Waals surface area (Å²) in [5.74, 6) is 0.751. The maximum absolute atomic E-state index is 13.4. The molecule has 11 heteroatoms. The van der Waals surface area contributed by atoms with Crippen LogP contribution in [0.3, 0.4) is 0 Å². The van der Waals surface area contributed by atoms with E-state index in [1.54, 1.807) is 6.07 Å². The first-order valence-corrected chi connectivity index (χ1v) is 8.42. The van der Waals surface area contributed by atoms with Crippen molar-refractivity contribution in [1.82, 2.24) is 30.8 Å². The molecule has 0 bridgehead atoms. The predicted molar refractivity (Wildman–Crippen MR) is 87.4 cm³/mol. The van der Waals surface area contributed by atoms with Crippen LogP contribution in [0.2, 0.25) is 0 Å². The number of benzene rings is 1. The van der Waals surface area contributed by atoms with Crippen LogP contribution < -0.4 is 9.64 Å². The van der Waals surface area contributed by atoms with Crippen molar-refractivity contribution in [3.05, 3.63) is 28.5 Å². The first-order valence-electron chi connectivity index (χ1n) is 7.63. The van der Waals surface area contributed by atoms with Gasteiger partial charge >= 0.3 is 6.01 Å². The maximum atomic E-state index is 13.4. The van der Waals surface area contributed by atoms with Crippen LogP contribution in [0.4, 0.5) is 10.4 Å². The summed E-state index contributed by atoms with van der Waals surface area (Å²) in [6, 6.07) is 4.81. The third-order valence-corrected chi connectivity index (χ3v) is 4.52. The molecular weight excluding hydrogens is 397 g/mol. The summed E-state index contributed by atoms with van der Waals surface area (Å²) in [6.07, 6.45) is 1.50. The van der Waals surface area contributed by atoms with E-state index < -0.39 is 0 Å². The number of piperidine rings is 1. The minimum atomic E-state index is -0.324. The van der Waals surface area contributed by atoms with Crippen LogP contribution in [-0.4, -0.2) is 50.0 Å². The highest BCUT2D eigenvalue weighted by Crippen LogP contribution is 2.29. The first-order chi connectivity index (χ1) is 12.2. The highest BCUT2D eigenvalue weighted by Gasteiger charge is 2.25.